The van der Waals surface area contributed by atoms with E-state index in [4.69, 9.17) is 18.9 Å². The van der Waals surface area contributed by atoms with Crippen LogP contribution in [-0.4, -0.2) is 49.3 Å². The molecule has 3 aromatic rings. The average molecular weight is 557 g/mol. The van der Waals surface area contributed by atoms with Crippen molar-refractivity contribution in [3.8, 4) is 23.0 Å². The van der Waals surface area contributed by atoms with Crippen molar-refractivity contribution in [1.29, 1.82) is 0 Å². The van der Waals surface area contributed by atoms with Crippen LogP contribution in [0.15, 0.2) is 59.5 Å². The maximum atomic E-state index is 14.0. The fourth-order valence-corrected chi connectivity index (χ4v) is 5.80. The largest absolute Gasteiger partial charge is 0.493 e. The number of nitrogens with one attached hydrogen (secondary N) is 1. The van der Waals surface area contributed by atoms with Crippen LogP contribution in [0.3, 0.4) is 0 Å². The number of carbonyl (C=O) groups excluding carboxylic acids is 1. The van der Waals surface area contributed by atoms with Gasteiger partial charge in [0.1, 0.15) is 6.54 Å². The molecule has 0 aliphatic heterocycles. The highest BCUT2D eigenvalue weighted by Gasteiger charge is 2.29. The first-order valence-corrected chi connectivity index (χ1v) is 13.9. The molecule has 0 fully saturated rings. The van der Waals surface area contributed by atoms with Gasteiger partial charge in [0.2, 0.25) is 5.91 Å². The zero-order valence-electron chi connectivity index (χ0n) is 23.4. The highest BCUT2D eigenvalue weighted by molar-refractivity contribution is 7.92. The Balaban J connectivity index is 1.99. The second kappa shape index (κ2) is 12.8. The van der Waals surface area contributed by atoms with Crippen molar-refractivity contribution in [2.45, 2.75) is 38.1 Å². The minimum atomic E-state index is -4.17. The van der Waals surface area contributed by atoms with Gasteiger partial charge in [0, 0.05) is 6.07 Å². The van der Waals surface area contributed by atoms with Gasteiger partial charge in [-0.1, -0.05) is 19.1 Å². The molecule has 0 saturated carbocycles. The Morgan fingerprint density at radius 3 is 1.87 bits per heavy atom. The summed E-state index contributed by atoms with van der Waals surface area (Å²) in [6, 6.07) is 14.8. The lowest BCUT2D eigenvalue weighted by Gasteiger charge is -2.27. The first kappa shape index (κ1) is 29.6. The van der Waals surface area contributed by atoms with Crippen LogP contribution in [0.1, 0.15) is 36.1 Å². The normalized spacial score (nSPS) is 11.9. The second-order valence-corrected chi connectivity index (χ2v) is 10.9. The molecule has 210 valence electrons. The Bertz CT molecular complexity index is 1400. The van der Waals surface area contributed by atoms with Crippen molar-refractivity contribution >= 4 is 21.6 Å². The summed E-state index contributed by atoms with van der Waals surface area (Å²) in [5.74, 6) is 1.32. The van der Waals surface area contributed by atoms with Crippen LogP contribution in [0.4, 0.5) is 5.69 Å². The summed E-state index contributed by atoms with van der Waals surface area (Å²) in [5.41, 5.74) is 2.94. The monoisotopic (exact) mass is 556 g/mol. The van der Waals surface area contributed by atoms with Gasteiger partial charge in [0.05, 0.1) is 45.1 Å². The van der Waals surface area contributed by atoms with E-state index in [-0.39, 0.29) is 16.7 Å². The van der Waals surface area contributed by atoms with Crippen LogP contribution in [0.2, 0.25) is 0 Å². The second-order valence-electron chi connectivity index (χ2n) is 9.02. The van der Waals surface area contributed by atoms with Crippen LogP contribution in [0, 0.1) is 13.8 Å². The van der Waals surface area contributed by atoms with Gasteiger partial charge in [-0.2, -0.15) is 0 Å². The lowest BCUT2D eigenvalue weighted by Crippen LogP contribution is -2.42. The molecular weight excluding hydrogens is 520 g/mol. The van der Waals surface area contributed by atoms with Gasteiger partial charge in [-0.25, -0.2) is 8.42 Å². The van der Waals surface area contributed by atoms with Crippen molar-refractivity contribution in [3.63, 3.8) is 0 Å². The zero-order chi connectivity index (χ0) is 28.7. The molecule has 0 spiro atoms. The van der Waals surface area contributed by atoms with Gasteiger partial charge in [-0.15, -0.1) is 0 Å². The minimum absolute atomic E-state index is 0.0287. The molecule has 0 aliphatic rings. The standard InChI is InChI=1S/C29H36N2O7S/c1-8-24(21-9-11-25(35-4)27(16-21)37-6)30-29(32)18-31(22-14-19(2)13-20(3)15-22)39(33,34)23-10-12-26(36-5)28(17-23)38-7/h9-17,24H,8,18H2,1-7H3,(H,30,32). The Morgan fingerprint density at radius 1 is 0.795 bits per heavy atom. The van der Waals surface area contributed by atoms with E-state index in [1.165, 1.54) is 32.4 Å². The predicted octanol–water partition coefficient (Wildman–Crippen LogP) is 4.80. The molecule has 0 aliphatic carbocycles. The molecule has 0 radical (unpaired) electrons. The minimum Gasteiger partial charge on any atom is -0.493 e. The fraction of sp³-hybridized carbons (Fsp3) is 0.345. The van der Waals surface area contributed by atoms with Gasteiger partial charge in [-0.3, -0.25) is 9.10 Å². The maximum Gasteiger partial charge on any atom is 0.264 e. The molecule has 1 amide bonds. The maximum absolute atomic E-state index is 14.0. The van der Waals surface area contributed by atoms with Crippen molar-refractivity contribution < 1.29 is 32.2 Å². The van der Waals surface area contributed by atoms with Crippen LogP contribution in [-0.2, 0) is 14.8 Å². The van der Waals surface area contributed by atoms with Crippen LogP contribution in [0.5, 0.6) is 23.0 Å². The van der Waals surface area contributed by atoms with Crippen molar-refractivity contribution in [2.24, 2.45) is 0 Å². The molecule has 1 unspecified atom stereocenters. The summed E-state index contributed by atoms with van der Waals surface area (Å²) in [6.45, 7) is 5.26. The van der Waals surface area contributed by atoms with Crippen LogP contribution < -0.4 is 28.6 Å². The number of hydrogen-bond donors (Lipinski definition) is 1. The number of methoxy groups -OCH3 is 4. The number of carbonyl (C=O) groups is 1. The van der Waals surface area contributed by atoms with E-state index in [9.17, 15) is 13.2 Å². The molecule has 0 saturated heterocycles. The number of amides is 1. The van der Waals surface area contributed by atoms with Gasteiger partial charge < -0.3 is 24.3 Å². The SMILES string of the molecule is CCC(NC(=O)CN(c1cc(C)cc(C)c1)S(=O)(=O)c1ccc(OC)c(OC)c1)c1ccc(OC)c(OC)c1. The highest BCUT2D eigenvalue weighted by Crippen LogP contribution is 2.33. The molecule has 3 aromatic carbocycles. The summed E-state index contributed by atoms with van der Waals surface area (Å²) in [5, 5.41) is 2.98. The third-order valence-electron chi connectivity index (χ3n) is 6.28. The number of anilines is 1. The average Bonchev–Trinajstić information content (AvgIpc) is 2.93. The first-order chi connectivity index (χ1) is 18.6. The summed E-state index contributed by atoms with van der Waals surface area (Å²) in [4.78, 5) is 13.4. The van der Waals surface area contributed by atoms with Crippen molar-refractivity contribution in [3.05, 3.63) is 71.3 Å². The molecule has 9 nitrogen and oxygen atoms in total. The first-order valence-electron chi connectivity index (χ1n) is 12.4. The summed E-state index contributed by atoms with van der Waals surface area (Å²) >= 11 is 0. The Kier molecular flexibility index (Phi) is 9.69. The van der Waals surface area contributed by atoms with Gasteiger partial charge in [-0.05, 0) is 73.4 Å². The topological polar surface area (TPSA) is 103 Å². The molecule has 3 rings (SSSR count). The van der Waals surface area contributed by atoms with E-state index in [0.29, 0.717) is 29.4 Å². The molecule has 10 heteroatoms. The summed E-state index contributed by atoms with van der Waals surface area (Å²) in [7, 11) is 1.84. The number of benzene rings is 3. The molecule has 0 heterocycles. The quantitative estimate of drug-likeness (QED) is 0.342. The van der Waals surface area contributed by atoms with Crippen molar-refractivity contribution in [2.75, 3.05) is 39.3 Å². The Labute approximate surface area is 230 Å². The van der Waals surface area contributed by atoms with E-state index in [2.05, 4.69) is 5.32 Å². The highest BCUT2D eigenvalue weighted by atomic mass is 32.2. The van der Waals surface area contributed by atoms with Crippen LogP contribution in [0.25, 0.3) is 0 Å². The van der Waals surface area contributed by atoms with Crippen molar-refractivity contribution in [1.82, 2.24) is 5.32 Å². The number of rotatable bonds is 12. The number of nitrogens with zero attached hydrogens (tertiary/aromatic N) is 1. The number of ether oxygens (including phenoxy) is 4. The van der Waals surface area contributed by atoms with Gasteiger partial charge in [0.25, 0.3) is 10.0 Å². The Morgan fingerprint density at radius 2 is 1.33 bits per heavy atom. The number of aryl methyl sites for hydroxylation is 2. The van der Waals surface area contributed by atoms with Crippen LogP contribution >= 0.6 is 0 Å². The molecule has 0 bridgehead atoms. The molecule has 1 atom stereocenters. The van der Waals surface area contributed by atoms with E-state index in [1.807, 2.05) is 32.9 Å². The number of sulfonamides is 1. The predicted molar refractivity (Wildman–Crippen MR) is 151 cm³/mol. The van der Waals surface area contributed by atoms with Gasteiger partial charge in [0.15, 0.2) is 23.0 Å². The molecule has 39 heavy (non-hydrogen) atoms. The molecule has 0 aromatic heterocycles. The molecular formula is C29H36N2O7S. The smallest absolute Gasteiger partial charge is 0.264 e. The van der Waals surface area contributed by atoms with E-state index >= 15 is 0 Å². The van der Waals surface area contributed by atoms with Gasteiger partial charge >= 0.3 is 0 Å². The molecule has 1 N–H and O–H groups in total. The summed E-state index contributed by atoms with van der Waals surface area (Å²) < 4.78 is 50.3. The third kappa shape index (κ3) is 6.75. The van der Waals surface area contributed by atoms with E-state index in [0.717, 1.165) is 21.0 Å². The van der Waals surface area contributed by atoms with E-state index in [1.54, 1.807) is 38.5 Å². The van der Waals surface area contributed by atoms with E-state index < -0.39 is 22.5 Å². The fourth-order valence-electron chi connectivity index (χ4n) is 4.37. The Hall–Kier alpha value is -3.92. The zero-order valence-corrected chi connectivity index (χ0v) is 24.2. The number of hydrogen-bond acceptors (Lipinski definition) is 7. The summed E-state index contributed by atoms with van der Waals surface area (Å²) in [6.07, 6.45) is 0.577. The lowest BCUT2D eigenvalue weighted by molar-refractivity contribution is -0.120. The lowest BCUT2D eigenvalue weighted by atomic mass is 10.0. The third-order valence-corrected chi connectivity index (χ3v) is 8.05.